The second kappa shape index (κ2) is 6.00. The van der Waals surface area contributed by atoms with Gasteiger partial charge in [0.05, 0.1) is 0 Å². The third kappa shape index (κ3) is 3.32. The van der Waals surface area contributed by atoms with Gasteiger partial charge in [-0.15, -0.1) is 0 Å². The first kappa shape index (κ1) is 16.6. The van der Waals surface area contributed by atoms with Gasteiger partial charge >= 0.3 is 0 Å². The molecule has 0 aliphatic rings. The lowest BCUT2D eigenvalue weighted by Gasteiger charge is -2.23. The molecule has 0 atom stereocenters. The maximum absolute atomic E-state index is 13.5. The van der Waals surface area contributed by atoms with E-state index in [-0.39, 0.29) is 0 Å². The molecule has 0 unspecified atom stereocenters. The summed E-state index contributed by atoms with van der Waals surface area (Å²) in [5.41, 5.74) is 2.83. The minimum Gasteiger partial charge on any atom is -0.441 e. The van der Waals surface area contributed by atoms with Crippen molar-refractivity contribution in [3.05, 3.63) is 65.1 Å². The van der Waals surface area contributed by atoms with Gasteiger partial charge < -0.3 is 4.42 Å². The number of nitrogens with zero attached hydrogens (tertiary/aromatic N) is 1. The molecule has 126 valence electrons. The van der Waals surface area contributed by atoms with Crippen LogP contribution in [0.5, 0.6) is 0 Å². The number of halogens is 2. The highest BCUT2D eigenvalue weighted by Gasteiger charge is 2.25. The zero-order valence-electron chi connectivity index (χ0n) is 14.4. The summed E-state index contributed by atoms with van der Waals surface area (Å²) < 4.78 is 32.9. The van der Waals surface area contributed by atoms with E-state index in [1.807, 2.05) is 32.0 Å². The van der Waals surface area contributed by atoms with Gasteiger partial charge in [0, 0.05) is 12.5 Å². The first-order chi connectivity index (χ1) is 11.2. The van der Waals surface area contributed by atoms with Gasteiger partial charge in [0.25, 0.3) is 0 Å². The lowest BCUT2D eigenvalue weighted by molar-refractivity contribution is 0.429. The van der Waals surface area contributed by atoms with Crippen molar-refractivity contribution in [2.24, 2.45) is 0 Å². The van der Waals surface area contributed by atoms with Crippen LogP contribution < -0.4 is 0 Å². The predicted octanol–water partition coefficient (Wildman–Crippen LogP) is 5.75. The van der Waals surface area contributed by atoms with Gasteiger partial charge in [0.15, 0.2) is 11.5 Å². The molecule has 0 saturated carbocycles. The van der Waals surface area contributed by atoms with E-state index in [1.54, 1.807) is 0 Å². The Hall–Kier alpha value is -2.23. The maximum atomic E-state index is 13.5. The summed E-state index contributed by atoms with van der Waals surface area (Å²) in [6.07, 6.45) is 0.460. The zero-order valence-corrected chi connectivity index (χ0v) is 14.4. The highest BCUT2D eigenvalue weighted by atomic mass is 19.1. The third-order valence-corrected chi connectivity index (χ3v) is 4.36. The molecule has 2 aromatic carbocycles. The molecule has 1 aromatic heterocycles. The highest BCUT2D eigenvalue weighted by Crippen LogP contribution is 2.30. The Balaban J connectivity index is 1.93. The van der Waals surface area contributed by atoms with Gasteiger partial charge in [-0.2, -0.15) is 0 Å². The van der Waals surface area contributed by atoms with Crippen molar-refractivity contribution in [1.82, 2.24) is 4.98 Å². The number of hydrogen-bond acceptors (Lipinski definition) is 2. The highest BCUT2D eigenvalue weighted by molar-refractivity contribution is 5.73. The van der Waals surface area contributed by atoms with Gasteiger partial charge in [0.2, 0.25) is 0 Å². The molecule has 0 bridgehead atoms. The van der Waals surface area contributed by atoms with Gasteiger partial charge in [0.1, 0.15) is 17.2 Å². The molecule has 0 N–H and O–H groups in total. The summed E-state index contributed by atoms with van der Waals surface area (Å²) in [7, 11) is 0. The van der Waals surface area contributed by atoms with Crippen LogP contribution in [-0.2, 0) is 11.8 Å². The van der Waals surface area contributed by atoms with Crippen molar-refractivity contribution >= 4 is 11.1 Å². The van der Waals surface area contributed by atoms with Crippen LogP contribution in [0.25, 0.3) is 11.1 Å². The fourth-order valence-corrected chi connectivity index (χ4v) is 2.85. The molecule has 0 fully saturated rings. The number of rotatable bonds is 4. The van der Waals surface area contributed by atoms with Crippen LogP contribution in [0.15, 0.2) is 40.8 Å². The summed E-state index contributed by atoms with van der Waals surface area (Å²) in [5.74, 6) is -0.162. The topological polar surface area (TPSA) is 26.0 Å². The Morgan fingerprint density at radius 1 is 1.04 bits per heavy atom. The van der Waals surface area contributed by atoms with Crippen molar-refractivity contribution < 1.29 is 13.2 Å². The Labute approximate surface area is 140 Å². The summed E-state index contributed by atoms with van der Waals surface area (Å²) in [6, 6.07) is 9.61. The molecule has 0 aliphatic heterocycles. The number of oxazole rings is 1. The molecule has 0 spiro atoms. The molecule has 24 heavy (non-hydrogen) atoms. The maximum Gasteiger partial charge on any atom is 0.196 e. The largest absolute Gasteiger partial charge is 0.441 e. The molecule has 0 saturated heterocycles. The molecule has 3 aromatic rings. The molecule has 0 aliphatic carbocycles. The van der Waals surface area contributed by atoms with Crippen LogP contribution in [0.3, 0.4) is 0 Å². The standard InChI is InChI=1S/C20H21F2NO/c1-12(2)13-5-6-17-18(7-13)24-19(23-17)11-20(3,4)14-8-15(21)10-16(22)9-14/h5-10,12H,11H2,1-4H3. The Morgan fingerprint density at radius 2 is 1.71 bits per heavy atom. The molecular weight excluding hydrogens is 308 g/mol. The van der Waals surface area contributed by atoms with Crippen LogP contribution in [0, 0.1) is 11.6 Å². The summed E-state index contributed by atoms with van der Waals surface area (Å²) >= 11 is 0. The summed E-state index contributed by atoms with van der Waals surface area (Å²) in [4.78, 5) is 4.51. The van der Waals surface area contributed by atoms with Crippen LogP contribution >= 0.6 is 0 Å². The molecule has 0 amide bonds. The fraction of sp³-hybridized carbons (Fsp3) is 0.350. The fourth-order valence-electron chi connectivity index (χ4n) is 2.85. The number of benzene rings is 2. The second-order valence-corrected chi connectivity index (χ2v) is 7.21. The van der Waals surface area contributed by atoms with E-state index in [9.17, 15) is 8.78 Å². The van der Waals surface area contributed by atoms with E-state index in [0.29, 0.717) is 23.8 Å². The van der Waals surface area contributed by atoms with E-state index in [0.717, 1.165) is 17.2 Å². The molecular formula is C20H21F2NO. The number of hydrogen-bond donors (Lipinski definition) is 0. The van der Waals surface area contributed by atoms with E-state index in [4.69, 9.17) is 4.42 Å². The Bertz CT molecular complexity index is 860. The van der Waals surface area contributed by atoms with Crippen LogP contribution in [0.1, 0.15) is 50.6 Å². The second-order valence-electron chi connectivity index (χ2n) is 7.21. The van der Waals surface area contributed by atoms with Crippen molar-refractivity contribution in [3.63, 3.8) is 0 Å². The Kier molecular flexibility index (Phi) is 4.16. The lowest BCUT2D eigenvalue weighted by Crippen LogP contribution is -2.21. The number of aromatic nitrogens is 1. The third-order valence-electron chi connectivity index (χ3n) is 4.36. The quantitative estimate of drug-likeness (QED) is 0.609. The molecule has 4 heteroatoms. The van der Waals surface area contributed by atoms with Gasteiger partial charge in [-0.3, -0.25) is 0 Å². The normalized spacial score (nSPS) is 12.3. The summed E-state index contributed by atoms with van der Waals surface area (Å²) in [6.45, 7) is 8.10. The minimum absolute atomic E-state index is 0.412. The predicted molar refractivity (Wildman–Crippen MR) is 91.2 cm³/mol. The van der Waals surface area contributed by atoms with Crippen molar-refractivity contribution in [2.45, 2.75) is 45.4 Å². The van der Waals surface area contributed by atoms with Crippen LogP contribution in [-0.4, -0.2) is 4.98 Å². The van der Waals surface area contributed by atoms with E-state index in [1.165, 1.54) is 17.7 Å². The average molecular weight is 329 g/mol. The monoisotopic (exact) mass is 329 g/mol. The van der Waals surface area contributed by atoms with E-state index in [2.05, 4.69) is 18.8 Å². The zero-order chi connectivity index (χ0) is 17.5. The smallest absolute Gasteiger partial charge is 0.196 e. The lowest BCUT2D eigenvalue weighted by atomic mass is 9.81. The van der Waals surface area contributed by atoms with Gasteiger partial charge in [-0.05, 0) is 46.7 Å². The van der Waals surface area contributed by atoms with E-state index < -0.39 is 17.0 Å². The molecule has 0 radical (unpaired) electrons. The number of fused-ring (bicyclic) bond motifs is 1. The first-order valence-electron chi connectivity index (χ1n) is 8.10. The molecule has 3 rings (SSSR count). The average Bonchev–Trinajstić information content (AvgIpc) is 2.86. The molecule has 2 nitrogen and oxygen atoms in total. The van der Waals surface area contributed by atoms with Gasteiger partial charge in [-0.1, -0.05) is 33.8 Å². The van der Waals surface area contributed by atoms with Crippen molar-refractivity contribution in [2.75, 3.05) is 0 Å². The first-order valence-corrected chi connectivity index (χ1v) is 8.10. The van der Waals surface area contributed by atoms with Gasteiger partial charge in [-0.25, -0.2) is 13.8 Å². The SMILES string of the molecule is CC(C)c1ccc2nc(CC(C)(C)c3cc(F)cc(F)c3)oc2c1. The summed E-state index contributed by atoms with van der Waals surface area (Å²) in [5, 5.41) is 0. The van der Waals surface area contributed by atoms with Crippen molar-refractivity contribution in [3.8, 4) is 0 Å². The minimum atomic E-state index is -0.572. The Morgan fingerprint density at radius 3 is 2.33 bits per heavy atom. The van der Waals surface area contributed by atoms with Crippen LogP contribution in [0.2, 0.25) is 0 Å². The van der Waals surface area contributed by atoms with E-state index >= 15 is 0 Å². The van der Waals surface area contributed by atoms with Crippen molar-refractivity contribution in [1.29, 1.82) is 0 Å². The molecule has 1 heterocycles. The van der Waals surface area contributed by atoms with Crippen LogP contribution in [0.4, 0.5) is 8.78 Å².